The molecule has 8 heteroatoms. The molecule has 0 atom stereocenters. The number of halogens is 3. The van der Waals surface area contributed by atoms with E-state index >= 15 is 0 Å². The molecule has 150 valence electrons. The molecule has 0 radical (unpaired) electrons. The van der Waals surface area contributed by atoms with E-state index in [1.807, 2.05) is 0 Å². The molecule has 0 spiro atoms. The fourth-order valence-electron chi connectivity index (χ4n) is 3.28. The Kier molecular flexibility index (Phi) is 5.69. The third-order valence-corrected chi connectivity index (χ3v) is 5.58. The first-order valence-corrected chi connectivity index (χ1v) is 10.2. The predicted octanol–water partition coefficient (Wildman–Crippen LogP) is 5.39. The van der Waals surface area contributed by atoms with E-state index in [-0.39, 0.29) is 5.75 Å². The number of benzene rings is 2. The lowest BCUT2D eigenvalue weighted by molar-refractivity contribution is -0.0500. The summed E-state index contributed by atoms with van der Waals surface area (Å²) in [6.07, 6.45) is 5.09. The van der Waals surface area contributed by atoms with Crippen molar-refractivity contribution in [1.82, 2.24) is 0 Å². The van der Waals surface area contributed by atoms with Crippen molar-refractivity contribution >= 4 is 15.7 Å². The minimum absolute atomic E-state index is 0.137. The van der Waals surface area contributed by atoms with Gasteiger partial charge in [0.05, 0.1) is 0 Å². The molecule has 0 unspecified atom stereocenters. The summed E-state index contributed by atoms with van der Waals surface area (Å²) in [6.45, 7) is 0. The minimum atomic E-state index is -5.70. The van der Waals surface area contributed by atoms with E-state index in [0.717, 1.165) is 48.8 Å². The molecule has 0 saturated heterocycles. The van der Waals surface area contributed by atoms with Crippen molar-refractivity contribution in [2.45, 2.75) is 37.6 Å². The summed E-state index contributed by atoms with van der Waals surface area (Å²) in [4.78, 5) is 0. The van der Waals surface area contributed by atoms with Crippen LogP contribution in [0, 0.1) is 0 Å². The molecule has 1 aliphatic rings. The first kappa shape index (κ1) is 20.3. The molecule has 1 fully saturated rings. The van der Waals surface area contributed by atoms with Crippen LogP contribution in [0.2, 0.25) is 0 Å². The maximum atomic E-state index is 12.5. The van der Waals surface area contributed by atoms with Gasteiger partial charge in [-0.25, -0.2) is 0 Å². The maximum Gasteiger partial charge on any atom is 0.534 e. The molecule has 2 aromatic rings. The van der Waals surface area contributed by atoms with Gasteiger partial charge in [0.1, 0.15) is 11.5 Å². The standard InChI is InChI=1S/C20H19F3O4S/c21-20(22,23)28(25,26)27-18-12-8-16(9-13-18)19(14-4-2-1-3-5-14)15-6-10-17(24)11-7-15/h6-13,24H,1-5H2. The highest BCUT2D eigenvalue weighted by Crippen LogP contribution is 2.36. The van der Waals surface area contributed by atoms with Gasteiger partial charge >= 0.3 is 15.6 Å². The maximum absolute atomic E-state index is 12.5. The van der Waals surface area contributed by atoms with Crippen molar-refractivity contribution in [2.24, 2.45) is 0 Å². The van der Waals surface area contributed by atoms with Gasteiger partial charge in [-0.3, -0.25) is 0 Å². The zero-order valence-corrected chi connectivity index (χ0v) is 15.7. The van der Waals surface area contributed by atoms with Gasteiger partial charge < -0.3 is 9.29 Å². The van der Waals surface area contributed by atoms with E-state index in [9.17, 15) is 26.7 Å². The lowest BCUT2D eigenvalue weighted by atomic mass is 9.85. The highest BCUT2D eigenvalue weighted by molar-refractivity contribution is 7.88. The largest absolute Gasteiger partial charge is 0.534 e. The number of phenols is 1. The smallest absolute Gasteiger partial charge is 0.508 e. The van der Waals surface area contributed by atoms with E-state index in [1.165, 1.54) is 17.7 Å². The van der Waals surface area contributed by atoms with Crippen LogP contribution in [0.25, 0.3) is 5.57 Å². The van der Waals surface area contributed by atoms with E-state index in [2.05, 4.69) is 4.18 Å². The molecule has 0 bridgehead atoms. The molecule has 3 rings (SSSR count). The Labute approximate surface area is 161 Å². The van der Waals surface area contributed by atoms with Crippen molar-refractivity contribution in [3.63, 3.8) is 0 Å². The third kappa shape index (κ3) is 4.49. The summed E-state index contributed by atoms with van der Waals surface area (Å²) in [7, 11) is -5.70. The van der Waals surface area contributed by atoms with Crippen molar-refractivity contribution in [1.29, 1.82) is 0 Å². The number of hydrogen-bond donors (Lipinski definition) is 1. The first-order valence-electron chi connectivity index (χ1n) is 8.80. The summed E-state index contributed by atoms with van der Waals surface area (Å²) in [5.41, 5.74) is -1.67. The van der Waals surface area contributed by atoms with E-state index in [4.69, 9.17) is 0 Å². The normalized spacial score (nSPS) is 15.3. The van der Waals surface area contributed by atoms with Crippen molar-refractivity contribution in [3.8, 4) is 11.5 Å². The number of rotatable bonds is 4. The molecule has 0 aromatic heterocycles. The van der Waals surface area contributed by atoms with Crippen LogP contribution < -0.4 is 4.18 Å². The molecule has 0 aliphatic heterocycles. The lowest BCUT2D eigenvalue weighted by Crippen LogP contribution is -2.28. The highest BCUT2D eigenvalue weighted by Gasteiger charge is 2.48. The van der Waals surface area contributed by atoms with E-state index < -0.39 is 21.4 Å². The van der Waals surface area contributed by atoms with Gasteiger partial charge in [-0.15, -0.1) is 0 Å². The average molecular weight is 412 g/mol. The summed E-state index contributed by atoms with van der Waals surface area (Å²) in [5.74, 6) is -0.266. The van der Waals surface area contributed by atoms with Gasteiger partial charge in [-0.1, -0.05) is 36.3 Å². The second kappa shape index (κ2) is 7.87. The van der Waals surface area contributed by atoms with Crippen LogP contribution in [-0.4, -0.2) is 19.0 Å². The number of allylic oxidation sites excluding steroid dienone is 1. The SMILES string of the molecule is O=S(=O)(Oc1ccc(C(=C2CCCCC2)c2ccc(O)cc2)cc1)C(F)(F)F. The zero-order chi connectivity index (χ0) is 20.4. The predicted molar refractivity (Wildman–Crippen MR) is 99.3 cm³/mol. The fourth-order valence-corrected chi connectivity index (χ4v) is 3.74. The Hall–Kier alpha value is -2.48. The van der Waals surface area contributed by atoms with Crippen LogP contribution in [0.1, 0.15) is 43.2 Å². The molecule has 1 N–H and O–H groups in total. The molecule has 0 heterocycles. The van der Waals surface area contributed by atoms with Gasteiger partial charge in [0.2, 0.25) is 0 Å². The summed E-state index contributed by atoms with van der Waals surface area (Å²) in [6, 6.07) is 12.2. The molecule has 28 heavy (non-hydrogen) atoms. The number of hydrogen-bond acceptors (Lipinski definition) is 4. The molecule has 1 saturated carbocycles. The van der Waals surface area contributed by atoms with E-state index in [0.29, 0.717) is 0 Å². The lowest BCUT2D eigenvalue weighted by Gasteiger charge is -2.20. The Balaban J connectivity index is 1.97. The summed E-state index contributed by atoms with van der Waals surface area (Å²) < 4.78 is 63.9. The van der Waals surface area contributed by atoms with Crippen molar-refractivity contribution in [2.75, 3.05) is 0 Å². The first-order chi connectivity index (χ1) is 13.2. The molecular weight excluding hydrogens is 393 g/mol. The Bertz CT molecular complexity index is 952. The van der Waals surface area contributed by atoms with Crippen LogP contribution in [-0.2, 0) is 10.1 Å². The van der Waals surface area contributed by atoms with Crippen molar-refractivity contribution < 1.29 is 30.9 Å². The summed E-state index contributed by atoms with van der Waals surface area (Å²) >= 11 is 0. The van der Waals surface area contributed by atoms with Crippen LogP contribution in [0.3, 0.4) is 0 Å². The Morgan fingerprint density at radius 2 is 1.36 bits per heavy atom. The van der Waals surface area contributed by atoms with Gasteiger partial charge in [0, 0.05) is 0 Å². The number of phenolic OH excluding ortho intramolecular Hbond substituents is 1. The third-order valence-electron chi connectivity index (χ3n) is 4.60. The van der Waals surface area contributed by atoms with Gasteiger partial charge in [0.25, 0.3) is 0 Å². The Morgan fingerprint density at radius 1 is 0.857 bits per heavy atom. The van der Waals surface area contributed by atoms with Gasteiger partial charge in [-0.2, -0.15) is 21.6 Å². The zero-order valence-electron chi connectivity index (χ0n) is 14.9. The van der Waals surface area contributed by atoms with Gasteiger partial charge in [0.15, 0.2) is 0 Å². The van der Waals surface area contributed by atoms with Crippen LogP contribution in [0.5, 0.6) is 11.5 Å². The number of aromatic hydroxyl groups is 1. The molecule has 1 aliphatic carbocycles. The minimum Gasteiger partial charge on any atom is -0.508 e. The molecule has 0 amide bonds. The van der Waals surface area contributed by atoms with Crippen LogP contribution >= 0.6 is 0 Å². The number of alkyl halides is 3. The highest BCUT2D eigenvalue weighted by atomic mass is 32.2. The molecule has 2 aromatic carbocycles. The fraction of sp³-hybridized carbons (Fsp3) is 0.300. The molecule has 4 nitrogen and oxygen atoms in total. The second-order valence-electron chi connectivity index (χ2n) is 6.59. The van der Waals surface area contributed by atoms with E-state index in [1.54, 1.807) is 36.4 Å². The Morgan fingerprint density at radius 3 is 1.86 bits per heavy atom. The van der Waals surface area contributed by atoms with Crippen LogP contribution in [0.4, 0.5) is 13.2 Å². The topological polar surface area (TPSA) is 63.6 Å². The van der Waals surface area contributed by atoms with Gasteiger partial charge in [-0.05, 0) is 66.6 Å². The summed E-state index contributed by atoms with van der Waals surface area (Å²) in [5, 5.41) is 9.55. The van der Waals surface area contributed by atoms with Crippen molar-refractivity contribution in [3.05, 3.63) is 65.2 Å². The average Bonchev–Trinajstić information content (AvgIpc) is 2.65. The monoisotopic (exact) mass is 412 g/mol. The quantitative estimate of drug-likeness (QED) is 0.540. The molecular formula is C20H19F3O4S. The van der Waals surface area contributed by atoms with Crippen LogP contribution in [0.15, 0.2) is 54.1 Å². The second-order valence-corrected chi connectivity index (χ2v) is 8.13.